The fourth-order valence-electron chi connectivity index (χ4n) is 4.18. The molecule has 0 saturated carbocycles. The molecule has 2 aliphatic rings. The minimum absolute atomic E-state index is 0.127. The lowest BCUT2D eigenvalue weighted by atomic mass is 9.71. The summed E-state index contributed by atoms with van der Waals surface area (Å²) in [4.78, 5) is 33.6. The second-order valence-corrected chi connectivity index (χ2v) is 7.24. The van der Waals surface area contributed by atoms with Crippen LogP contribution in [-0.2, 0) is 4.79 Å². The highest BCUT2D eigenvalue weighted by molar-refractivity contribution is 5.99. The molecule has 0 radical (unpaired) electrons. The van der Waals surface area contributed by atoms with E-state index in [0.29, 0.717) is 37.4 Å². The number of aryl methyl sites for hydroxylation is 1. The molecule has 0 unspecified atom stereocenters. The molecule has 6 heteroatoms. The Balaban J connectivity index is 1.48. The number of hydrogen-bond acceptors (Lipinski definition) is 4. The predicted molar refractivity (Wildman–Crippen MR) is 96.8 cm³/mol. The zero-order valence-corrected chi connectivity index (χ0v) is 15.0. The Hall–Kier alpha value is -2.63. The molecule has 2 aromatic rings. The monoisotopic (exact) mass is 353 g/mol. The lowest BCUT2D eigenvalue weighted by Gasteiger charge is -2.46. The van der Waals surface area contributed by atoms with Crippen LogP contribution in [0, 0.1) is 12.3 Å². The van der Waals surface area contributed by atoms with Crippen molar-refractivity contribution in [1.82, 2.24) is 9.88 Å². The first-order valence-corrected chi connectivity index (χ1v) is 9.17. The zero-order chi connectivity index (χ0) is 18.1. The van der Waals surface area contributed by atoms with Gasteiger partial charge in [-0.3, -0.25) is 9.59 Å². The van der Waals surface area contributed by atoms with Gasteiger partial charge in [-0.2, -0.15) is 0 Å². The van der Waals surface area contributed by atoms with E-state index in [0.717, 1.165) is 25.1 Å². The molecule has 3 heterocycles. The highest BCUT2D eigenvalue weighted by Gasteiger charge is 2.46. The highest BCUT2D eigenvalue weighted by atomic mass is 16.3. The summed E-state index contributed by atoms with van der Waals surface area (Å²) in [7, 11) is 0. The van der Waals surface area contributed by atoms with Crippen molar-refractivity contribution in [1.29, 1.82) is 0 Å². The molecule has 6 nitrogen and oxygen atoms in total. The predicted octanol–water partition coefficient (Wildman–Crippen LogP) is 3.03. The Morgan fingerprint density at radius 2 is 1.85 bits per heavy atom. The second kappa shape index (κ2) is 6.59. The number of piperidine rings is 2. The number of oxazole rings is 1. The van der Waals surface area contributed by atoms with E-state index in [1.165, 1.54) is 6.39 Å². The summed E-state index contributed by atoms with van der Waals surface area (Å²) < 4.78 is 5.23. The van der Waals surface area contributed by atoms with Crippen molar-refractivity contribution in [2.45, 2.75) is 32.6 Å². The smallest absolute Gasteiger partial charge is 0.291 e. The largest absolute Gasteiger partial charge is 0.438 e. The lowest BCUT2D eigenvalue weighted by molar-refractivity contribution is -0.133. The molecular weight excluding hydrogens is 330 g/mol. The molecule has 1 aromatic carbocycles. The van der Waals surface area contributed by atoms with Crippen LogP contribution in [0.25, 0.3) is 0 Å². The van der Waals surface area contributed by atoms with Gasteiger partial charge in [0, 0.05) is 25.3 Å². The standard InChI is InChI=1S/C20H23N3O3/c1-15-17(26-14-21-15)18(24)22-12-9-20(10-13-22)8-5-11-23(19(20)25)16-6-3-2-4-7-16/h2-4,6-7,14H,5,8-13H2,1H3. The summed E-state index contributed by atoms with van der Waals surface area (Å²) >= 11 is 0. The summed E-state index contributed by atoms with van der Waals surface area (Å²) in [6.45, 7) is 3.69. The number of carbonyl (C=O) groups is 2. The number of carbonyl (C=O) groups excluding carboxylic acids is 2. The molecule has 0 atom stereocenters. The Morgan fingerprint density at radius 3 is 2.50 bits per heavy atom. The molecule has 2 fully saturated rings. The van der Waals surface area contributed by atoms with Gasteiger partial charge in [0.1, 0.15) is 0 Å². The highest BCUT2D eigenvalue weighted by Crippen LogP contribution is 2.42. The fourth-order valence-corrected chi connectivity index (χ4v) is 4.18. The summed E-state index contributed by atoms with van der Waals surface area (Å²) in [6.07, 6.45) is 4.60. The first-order valence-electron chi connectivity index (χ1n) is 9.17. The number of aromatic nitrogens is 1. The molecule has 2 aliphatic heterocycles. The summed E-state index contributed by atoms with van der Waals surface area (Å²) in [6, 6.07) is 9.86. The second-order valence-electron chi connectivity index (χ2n) is 7.24. The number of anilines is 1. The van der Waals surface area contributed by atoms with Gasteiger partial charge >= 0.3 is 0 Å². The topological polar surface area (TPSA) is 66.7 Å². The number of likely N-dealkylation sites (tertiary alicyclic amines) is 1. The van der Waals surface area contributed by atoms with Gasteiger partial charge in [0.05, 0.1) is 11.1 Å². The van der Waals surface area contributed by atoms with Crippen LogP contribution in [0.5, 0.6) is 0 Å². The minimum atomic E-state index is -0.346. The van der Waals surface area contributed by atoms with Crippen molar-refractivity contribution in [3.63, 3.8) is 0 Å². The molecule has 26 heavy (non-hydrogen) atoms. The van der Waals surface area contributed by atoms with E-state index in [9.17, 15) is 9.59 Å². The molecule has 0 bridgehead atoms. The maximum absolute atomic E-state index is 13.3. The lowest BCUT2D eigenvalue weighted by Crippen LogP contribution is -2.54. The van der Waals surface area contributed by atoms with Crippen LogP contribution in [-0.4, -0.2) is 41.3 Å². The Bertz CT molecular complexity index is 807. The van der Waals surface area contributed by atoms with Crippen molar-refractivity contribution < 1.29 is 14.0 Å². The summed E-state index contributed by atoms with van der Waals surface area (Å²) in [5, 5.41) is 0. The number of nitrogens with zero attached hydrogens (tertiary/aromatic N) is 3. The Labute approximate surface area is 152 Å². The number of benzene rings is 1. The minimum Gasteiger partial charge on any atom is -0.438 e. The third kappa shape index (κ3) is 2.79. The van der Waals surface area contributed by atoms with Crippen molar-refractivity contribution in [3.8, 4) is 0 Å². The van der Waals surface area contributed by atoms with E-state index < -0.39 is 0 Å². The van der Waals surface area contributed by atoms with Gasteiger partial charge in [-0.1, -0.05) is 18.2 Å². The van der Waals surface area contributed by atoms with E-state index in [1.54, 1.807) is 11.8 Å². The summed E-state index contributed by atoms with van der Waals surface area (Å²) in [5.41, 5.74) is 1.23. The van der Waals surface area contributed by atoms with Gasteiger partial charge in [0.2, 0.25) is 11.7 Å². The maximum Gasteiger partial charge on any atom is 0.291 e. The van der Waals surface area contributed by atoms with Gasteiger partial charge in [0.15, 0.2) is 6.39 Å². The molecule has 1 spiro atoms. The maximum atomic E-state index is 13.3. The van der Waals surface area contributed by atoms with Crippen molar-refractivity contribution in [3.05, 3.63) is 48.2 Å². The molecular formula is C20H23N3O3. The third-order valence-electron chi connectivity index (χ3n) is 5.75. The Morgan fingerprint density at radius 1 is 1.12 bits per heavy atom. The van der Waals surface area contributed by atoms with E-state index in [4.69, 9.17) is 4.42 Å². The van der Waals surface area contributed by atoms with Crippen LogP contribution >= 0.6 is 0 Å². The van der Waals surface area contributed by atoms with Crippen LogP contribution in [0.1, 0.15) is 41.9 Å². The molecule has 0 N–H and O–H groups in total. The van der Waals surface area contributed by atoms with Gasteiger partial charge in [-0.25, -0.2) is 4.98 Å². The van der Waals surface area contributed by atoms with Crippen molar-refractivity contribution in [2.24, 2.45) is 5.41 Å². The van der Waals surface area contributed by atoms with Crippen LogP contribution in [0.4, 0.5) is 5.69 Å². The van der Waals surface area contributed by atoms with E-state index >= 15 is 0 Å². The van der Waals surface area contributed by atoms with Crippen LogP contribution in [0.15, 0.2) is 41.1 Å². The molecule has 136 valence electrons. The Kier molecular flexibility index (Phi) is 4.26. The molecule has 0 aliphatic carbocycles. The van der Waals surface area contributed by atoms with E-state index in [1.807, 2.05) is 35.2 Å². The van der Waals surface area contributed by atoms with Gasteiger partial charge in [0.25, 0.3) is 5.91 Å². The van der Waals surface area contributed by atoms with Crippen molar-refractivity contribution >= 4 is 17.5 Å². The zero-order valence-electron chi connectivity index (χ0n) is 15.0. The number of amides is 2. The molecule has 1 aromatic heterocycles. The van der Waals surface area contributed by atoms with Crippen LogP contribution < -0.4 is 4.90 Å². The van der Waals surface area contributed by atoms with Crippen LogP contribution in [0.2, 0.25) is 0 Å². The first-order chi connectivity index (χ1) is 12.6. The molecule has 4 rings (SSSR count). The average Bonchev–Trinajstić information content (AvgIpc) is 3.11. The van der Waals surface area contributed by atoms with Crippen LogP contribution in [0.3, 0.4) is 0 Å². The average molecular weight is 353 g/mol. The third-order valence-corrected chi connectivity index (χ3v) is 5.75. The number of hydrogen-bond donors (Lipinski definition) is 0. The summed E-state index contributed by atoms with van der Waals surface area (Å²) in [5.74, 6) is 0.387. The fraction of sp³-hybridized carbons (Fsp3) is 0.450. The first kappa shape index (κ1) is 16.8. The molecule has 2 amide bonds. The van der Waals surface area contributed by atoms with Gasteiger partial charge in [-0.05, 0) is 44.7 Å². The normalized spacial score (nSPS) is 19.8. The van der Waals surface area contributed by atoms with Gasteiger partial charge in [-0.15, -0.1) is 0 Å². The van der Waals surface area contributed by atoms with Gasteiger partial charge < -0.3 is 14.2 Å². The van der Waals surface area contributed by atoms with Crippen molar-refractivity contribution in [2.75, 3.05) is 24.5 Å². The van der Waals surface area contributed by atoms with E-state index in [2.05, 4.69) is 4.98 Å². The number of para-hydroxylation sites is 1. The quantitative estimate of drug-likeness (QED) is 0.832. The SMILES string of the molecule is Cc1ncoc1C(=O)N1CCC2(CCCN(c3ccccc3)C2=O)CC1. The number of rotatable bonds is 2. The van der Waals surface area contributed by atoms with E-state index in [-0.39, 0.29) is 17.2 Å². The molecule has 2 saturated heterocycles.